The van der Waals surface area contributed by atoms with E-state index in [2.05, 4.69) is 5.32 Å². The predicted molar refractivity (Wildman–Crippen MR) is 75.9 cm³/mol. The Morgan fingerprint density at radius 3 is 2.42 bits per heavy atom. The van der Waals surface area contributed by atoms with Crippen LogP contribution in [0, 0.1) is 0 Å². The standard InChI is InChI=1S/C15H21NO2S/c17-19(18)11-14(13-9-5-6-10-15(13)19)16-12-7-3-1-2-4-8-12/h5-6,9-10,12,14,16H,1-4,7-8,11H2. The monoisotopic (exact) mass is 279 g/mol. The van der Waals surface area contributed by atoms with Crippen LogP contribution in [0.25, 0.3) is 0 Å². The van der Waals surface area contributed by atoms with Gasteiger partial charge in [0.05, 0.1) is 10.6 Å². The first-order chi connectivity index (χ1) is 9.17. The molecule has 0 bridgehead atoms. The van der Waals surface area contributed by atoms with Crippen molar-refractivity contribution in [2.75, 3.05) is 5.75 Å². The quantitative estimate of drug-likeness (QED) is 0.847. The second-order valence-corrected chi connectivity index (χ2v) is 7.73. The van der Waals surface area contributed by atoms with Crippen molar-refractivity contribution in [1.29, 1.82) is 0 Å². The van der Waals surface area contributed by atoms with E-state index in [4.69, 9.17) is 0 Å². The Kier molecular flexibility index (Phi) is 3.63. The first-order valence-electron chi connectivity index (χ1n) is 7.24. The highest BCUT2D eigenvalue weighted by Gasteiger charge is 2.35. The van der Waals surface area contributed by atoms with Gasteiger partial charge in [0, 0.05) is 12.1 Å². The van der Waals surface area contributed by atoms with Crippen LogP contribution >= 0.6 is 0 Å². The van der Waals surface area contributed by atoms with Gasteiger partial charge in [0.1, 0.15) is 0 Å². The second kappa shape index (κ2) is 5.25. The van der Waals surface area contributed by atoms with E-state index in [1.807, 2.05) is 18.2 Å². The summed E-state index contributed by atoms with van der Waals surface area (Å²) in [5.74, 6) is 0.225. The maximum atomic E-state index is 12.1. The summed E-state index contributed by atoms with van der Waals surface area (Å²) in [5.41, 5.74) is 0.965. The van der Waals surface area contributed by atoms with Crippen LogP contribution in [-0.2, 0) is 9.84 Å². The molecule has 0 saturated heterocycles. The molecule has 1 heterocycles. The lowest BCUT2D eigenvalue weighted by Gasteiger charge is -2.21. The molecule has 1 fully saturated rings. The van der Waals surface area contributed by atoms with Gasteiger partial charge in [-0.25, -0.2) is 8.42 Å². The maximum Gasteiger partial charge on any atom is 0.180 e. The van der Waals surface area contributed by atoms with E-state index in [1.54, 1.807) is 6.07 Å². The molecule has 1 N–H and O–H groups in total. The first kappa shape index (κ1) is 13.1. The zero-order chi connectivity index (χ0) is 13.3. The number of sulfone groups is 1. The van der Waals surface area contributed by atoms with Crippen molar-refractivity contribution in [3.05, 3.63) is 29.8 Å². The minimum absolute atomic E-state index is 0.00991. The van der Waals surface area contributed by atoms with E-state index in [-0.39, 0.29) is 11.8 Å². The van der Waals surface area contributed by atoms with Gasteiger partial charge < -0.3 is 5.32 Å². The molecule has 3 rings (SSSR count). The summed E-state index contributed by atoms with van der Waals surface area (Å²) in [6.07, 6.45) is 7.52. The molecule has 1 saturated carbocycles. The van der Waals surface area contributed by atoms with Crippen LogP contribution in [-0.4, -0.2) is 20.2 Å². The van der Waals surface area contributed by atoms with Gasteiger partial charge in [-0.1, -0.05) is 43.9 Å². The van der Waals surface area contributed by atoms with Crippen LogP contribution in [0.5, 0.6) is 0 Å². The summed E-state index contributed by atoms with van der Waals surface area (Å²) in [5, 5.41) is 3.59. The topological polar surface area (TPSA) is 46.2 Å². The summed E-state index contributed by atoms with van der Waals surface area (Å²) < 4.78 is 24.3. The number of nitrogens with one attached hydrogen (secondary N) is 1. The molecule has 0 spiro atoms. The summed E-state index contributed by atoms with van der Waals surface area (Å²) in [6, 6.07) is 7.90. The highest BCUT2D eigenvalue weighted by Crippen LogP contribution is 2.34. The van der Waals surface area contributed by atoms with Crippen molar-refractivity contribution >= 4 is 9.84 Å². The van der Waals surface area contributed by atoms with Crippen molar-refractivity contribution in [2.45, 2.75) is 55.5 Å². The van der Waals surface area contributed by atoms with E-state index < -0.39 is 9.84 Å². The molecule has 0 amide bonds. The fraction of sp³-hybridized carbons (Fsp3) is 0.600. The molecule has 1 aromatic carbocycles. The molecule has 3 nitrogen and oxygen atoms in total. The molecule has 1 aromatic rings. The predicted octanol–water partition coefficient (Wildman–Crippen LogP) is 2.83. The minimum atomic E-state index is -3.08. The molecule has 1 unspecified atom stereocenters. The van der Waals surface area contributed by atoms with Gasteiger partial charge in [-0.15, -0.1) is 0 Å². The van der Waals surface area contributed by atoms with Crippen molar-refractivity contribution in [1.82, 2.24) is 5.32 Å². The lowest BCUT2D eigenvalue weighted by molar-refractivity contribution is 0.416. The number of rotatable bonds is 2. The molecule has 1 aliphatic carbocycles. The molecule has 2 aliphatic rings. The van der Waals surface area contributed by atoms with Gasteiger partial charge in [0.15, 0.2) is 9.84 Å². The molecular formula is C15H21NO2S. The van der Waals surface area contributed by atoms with Crippen molar-refractivity contribution in [3.8, 4) is 0 Å². The van der Waals surface area contributed by atoms with Gasteiger partial charge in [-0.05, 0) is 24.5 Å². The van der Waals surface area contributed by atoms with Crippen LogP contribution in [0.1, 0.15) is 50.1 Å². The third-order valence-electron chi connectivity index (χ3n) is 4.31. The minimum Gasteiger partial charge on any atom is -0.306 e. The Balaban J connectivity index is 1.79. The van der Waals surface area contributed by atoms with Crippen LogP contribution < -0.4 is 5.32 Å². The van der Waals surface area contributed by atoms with Crippen LogP contribution in [0.3, 0.4) is 0 Å². The Labute approximate surface area is 115 Å². The molecular weight excluding hydrogens is 258 g/mol. The van der Waals surface area contributed by atoms with Crippen LogP contribution in [0.15, 0.2) is 29.2 Å². The summed E-state index contributed by atoms with van der Waals surface area (Å²) in [4.78, 5) is 0.529. The zero-order valence-electron chi connectivity index (χ0n) is 11.1. The number of fused-ring (bicyclic) bond motifs is 1. The lowest BCUT2D eigenvalue weighted by atomic mass is 10.0. The SMILES string of the molecule is O=S1(=O)CC(NC2CCCCCC2)c2ccccc21. The average molecular weight is 279 g/mol. The van der Waals surface area contributed by atoms with Crippen molar-refractivity contribution in [2.24, 2.45) is 0 Å². The maximum absolute atomic E-state index is 12.1. The van der Waals surface area contributed by atoms with Crippen LogP contribution in [0.2, 0.25) is 0 Å². The summed E-state index contributed by atoms with van der Waals surface area (Å²) in [6.45, 7) is 0. The average Bonchev–Trinajstić information content (AvgIpc) is 2.59. The van der Waals surface area contributed by atoms with E-state index in [0.717, 1.165) is 5.56 Å². The fourth-order valence-electron chi connectivity index (χ4n) is 3.32. The molecule has 19 heavy (non-hydrogen) atoms. The molecule has 0 aromatic heterocycles. The third-order valence-corrected chi connectivity index (χ3v) is 6.12. The molecule has 4 heteroatoms. The molecule has 1 atom stereocenters. The van der Waals surface area contributed by atoms with E-state index >= 15 is 0 Å². The first-order valence-corrected chi connectivity index (χ1v) is 8.90. The highest BCUT2D eigenvalue weighted by molar-refractivity contribution is 7.91. The van der Waals surface area contributed by atoms with Gasteiger partial charge >= 0.3 is 0 Å². The lowest BCUT2D eigenvalue weighted by Crippen LogP contribution is -2.33. The fourth-order valence-corrected chi connectivity index (χ4v) is 5.07. The summed E-state index contributed by atoms with van der Waals surface area (Å²) >= 11 is 0. The molecule has 0 radical (unpaired) electrons. The zero-order valence-corrected chi connectivity index (χ0v) is 12.0. The number of benzene rings is 1. The Hall–Kier alpha value is -0.870. The smallest absolute Gasteiger partial charge is 0.180 e. The number of hydrogen-bond donors (Lipinski definition) is 1. The van der Waals surface area contributed by atoms with Crippen LogP contribution in [0.4, 0.5) is 0 Å². The molecule has 104 valence electrons. The highest BCUT2D eigenvalue weighted by atomic mass is 32.2. The largest absolute Gasteiger partial charge is 0.306 e. The van der Waals surface area contributed by atoms with E-state index in [1.165, 1.54) is 38.5 Å². The second-order valence-electron chi connectivity index (χ2n) is 5.73. The van der Waals surface area contributed by atoms with E-state index in [9.17, 15) is 8.42 Å². The third kappa shape index (κ3) is 2.70. The molecule has 1 aliphatic heterocycles. The Bertz CT molecular complexity index is 545. The van der Waals surface area contributed by atoms with Crippen molar-refractivity contribution in [3.63, 3.8) is 0 Å². The Morgan fingerprint density at radius 1 is 1.00 bits per heavy atom. The van der Waals surface area contributed by atoms with E-state index in [0.29, 0.717) is 10.9 Å². The van der Waals surface area contributed by atoms with Gasteiger partial charge in [0.25, 0.3) is 0 Å². The van der Waals surface area contributed by atoms with Crippen molar-refractivity contribution < 1.29 is 8.42 Å². The Morgan fingerprint density at radius 2 is 1.68 bits per heavy atom. The summed E-state index contributed by atoms with van der Waals surface area (Å²) in [7, 11) is -3.08. The van der Waals surface area contributed by atoms with Gasteiger partial charge in [-0.2, -0.15) is 0 Å². The van der Waals surface area contributed by atoms with Gasteiger partial charge in [-0.3, -0.25) is 0 Å². The number of hydrogen-bond acceptors (Lipinski definition) is 3. The normalized spacial score (nSPS) is 26.8. The van der Waals surface area contributed by atoms with Gasteiger partial charge in [0.2, 0.25) is 0 Å².